The molecule has 1 saturated carbocycles. The first-order valence-electron chi connectivity index (χ1n) is 5.46. The minimum Gasteiger partial charge on any atom is -0.294 e. The molecule has 2 aliphatic carbocycles. The van der Waals surface area contributed by atoms with Crippen LogP contribution in [0, 0.1) is 6.92 Å². The van der Waals surface area contributed by atoms with E-state index < -0.39 is 0 Å². The molecule has 1 fully saturated rings. The van der Waals surface area contributed by atoms with Crippen molar-refractivity contribution in [3.63, 3.8) is 0 Å². The van der Waals surface area contributed by atoms with Gasteiger partial charge in [-0.25, -0.2) is 0 Å². The van der Waals surface area contributed by atoms with Crippen LogP contribution in [0.15, 0.2) is 16.6 Å². The maximum atomic E-state index is 11.9. The number of carbonyl (C=O) groups is 1. The summed E-state index contributed by atoms with van der Waals surface area (Å²) in [5.41, 5.74) is 3.90. The summed E-state index contributed by atoms with van der Waals surface area (Å²) in [6.45, 7) is 2.10. The van der Waals surface area contributed by atoms with Gasteiger partial charge in [-0.1, -0.05) is 22.0 Å². The summed E-state index contributed by atoms with van der Waals surface area (Å²) in [4.78, 5) is 11.9. The predicted octanol–water partition coefficient (Wildman–Crippen LogP) is 3.77. The lowest BCUT2D eigenvalue weighted by molar-refractivity contribution is 0.0963. The van der Waals surface area contributed by atoms with Gasteiger partial charge in [0.15, 0.2) is 5.78 Å². The Bertz CT molecular complexity index is 458. The van der Waals surface area contributed by atoms with Crippen molar-refractivity contribution in [1.82, 2.24) is 0 Å². The minimum absolute atomic E-state index is 0.314. The molecule has 0 unspecified atom stereocenters. The zero-order chi connectivity index (χ0) is 10.6. The summed E-state index contributed by atoms with van der Waals surface area (Å²) < 4.78 is 0.994. The summed E-state index contributed by atoms with van der Waals surface area (Å²) in [6, 6.07) is 4.27. The molecule has 0 amide bonds. The van der Waals surface area contributed by atoms with Crippen molar-refractivity contribution < 1.29 is 4.79 Å². The largest absolute Gasteiger partial charge is 0.294 e. The highest BCUT2D eigenvalue weighted by molar-refractivity contribution is 9.10. The van der Waals surface area contributed by atoms with Crippen molar-refractivity contribution >= 4 is 21.7 Å². The Kier molecular flexibility index (Phi) is 1.88. The fraction of sp³-hybridized carbons (Fsp3) is 0.462. The van der Waals surface area contributed by atoms with Gasteiger partial charge in [0.25, 0.3) is 0 Å². The highest BCUT2D eigenvalue weighted by atomic mass is 79.9. The van der Waals surface area contributed by atoms with Gasteiger partial charge in [-0.2, -0.15) is 0 Å². The van der Waals surface area contributed by atoms with E-state index in [2.05, 4.69) is 35.0 Å². The van der Waals surface area contributed by atoms with E-state index in [1.54, 1.807) is 0 Å². The maximum Gasteiger partial charge on any atom is 0.164 e. The van der Waals surface area contributed by atoms with Crippen molar-refractivity contribution in [3.8, 4) is 0 Å². The zero-order valence-electron chi connectivity index (χ0n) is 8.77. The molecule has 0 heterocycles. The highest BCUT2D eigenvalue weighted by Crippen LogP contribution is 2.56. The van der Waals surface area contributed by atoms with Gasteiger partial charge in [-0.05, 0) is 48.8 Å². The molecule has 1 spiro atoms. The number of benzene rings is 1. The van der Waals surface area contributed by atoms with Crippen LogP contribution >= 0.6 is 15.9 Å². The summed E-state index contributed by atoms with van der Waals surface area (Å²) in [7, 11) is 0. The number of fused-ring (bicyclic) bond motifs is 2. The standard InChI is InChI=1S/C13H13BrO/c1-8-6-9-12(10(14)7-8)11(15)2-3-13(9)4-5-13/h6-7H,2-5H2,1H3. The third kappa shape index (κ3) is 1.31. The van der Waals surface area contributed by atoms with Crippen LogP contribution in [0.25, 0.3) is 0 Å². The lowest BCUT2D eigenvalue weighted by Gasteiger charge is -2.25. The average Bonchev–Trinajstić information content (AvgIpc) is 2.92. The van der Waals surface area contributed by atoms with Crippen LogP contribution in [0.1, 0.15) is 47.2 Å². The summed E-state index contributed by atoms with van der Waals surface area (Å²) in [5, 5.41) is 0. The summed E-state index contributed by atoms with van der Waals surface area (Å²) in [6.07, 6.45) is 4.33. The molecule has 0 atom stereocenters. The van der Waals surface area contributed by atoms with E-state index in [1.807, 2.05) is 0 Å². The van der Waals surface area contributed by atoms with Crippen molar-refractivity contribution in [2.45, 2.75) is 38.0 Å². The van der Waals surface area contributed by atoms with Crippen LogP contribution in [0.4, 0.5) is 0 Å². The summed E-state index contributed by atoms with van der Waals surface area (Å²) in [5.74, 6) is 0.314. The van der Waals surface area contributed by atoms with E-state index in [4.69, 9.17) is 0 Å². The highest BCUT2D eigenvalue weighted by Gasteiger charge is 2.49. The molecule has 1 aromatic rings. The average molecular weight is 265 g/mol. The molecule has 0 bridgehead atoms. The van der Waals surface area contributed by atoms with Gasteiger partial charge in [0.1, 0.15) is 0 Å². The van der Waals surface area contributed by atoms with Gasteiger partial charge in [0, 0.05) is 16.5 Å². The predicted molar refractivity (Wildman–Crippen MR) is 63.4 cm³/mol. The Balaban J connectivity index is 2.28. The molecule has 0 radical (unpaired) electrons. The second-order valence-corrected chi connectivity index (χ2v) is 5.73. The smallest absolute Gasteiger partial charge is 0.164 e. The molecule has 0 saturated heterocycles. The van der Waals surface area contributed by atoms with E-state index >= 15 is 0 Å². The van der Waals surface area contributed by atoms with E-state index in [-0.39, 0.29) is 0 Å². The van der Waals surface area contributed by atoms with Gasteiger partial charge in [0.05, 0.1) is 0 Å². The third-order valence-electron chi connectivity index (χ3n) is 3.77. The molecule has 1 nitrogen and oxygen atoms in total. The summed E-state index contributed by atoms with van der Waals surface area (Å²) >= 11 is 3.53. The molecule has 0 aliphatic heterocycles. The lowest BCUT2D eigenvalue weighted by Crippen LogP contribution is -2.21. The fourth-order valence-corrected chi connectivity index (χ4v) is 3.52. The number of rotatable bonds is 0. The lowest BCUT2D eigenvalue weighted by atomic mass is 9.79. The first kappa shape index (κ1) is 9.59. The van der Waals surface area contributed by atoms with Gasteiger partial charge in [0.2, 0.25) is 0 Å². The maximum absolute atomic E-state index is 11.9. The second-order valence-electron chi connectivity index (χ2n) is 4.87. The molecule has 1 aromatic carbocycles. The van der Waals surface area contributed by atoms with Gasteiger partial charge >= 0.3 is 0 Å². The van der Waals surface area contributed by atoms with Crippen LogP contribution in [0.2, 0.25) is 0 Å². The monoisotopic (exact) mass is 264 g/mol. The first-order valence-corrected chi connectivity index (χ1v) is 6.26. The number of carbonyl (C=O) groups excluding carboxylic acids is 1. The fourth-order valence-electron chi connectivity index (χ4n) is 2.73. The van der Waals surface area contributed by atoms with E-state index in [0.717, 1.165) is 22.9 Å². The van der Waals surface area contributed by atoms with Gasteiger partial charge in [-0.3, -0.25) is 4.79 Å². The normalized spacial score (nSPS) is 21.6. The molecule has 78 valence electrons. The van der Waals surface area contributed by atoms with Crippen molar-refractivity contribution in [3.05, 3.63) is 33.3 Å². The second kappa shape index (κ2) is 2.94. The first-order chi connectivity index (χ1) is 7.12. The number of hydrogen-bond donors (Lipinski definition) is 0. The van der Waals surface area contributed by atoms with Crippen LogP contribution in [0.3, 0.4) is 0 Å². The van der Waals surface area contributed by atoms with E-state index in [9.17, 15) is 4.79 Å². The quantitative estimate of drug-likeness (QED) is 0.698. The Morgan fingerprint density at radius 2 is 2.00 bits per heavy atom. The molecule has 0 aromatic heterocycles. The SMILES string of the molecule is Cc1cc(Br)c2c(c1)C1(CCC2=O)CC1. The van der Waals surface area contributed by atoms with Crippen LogP contribution < -0.4 is 0 Å². The van der Waals surface area contributed by atoms with E-state index in [0.29, 0.717) is 11.2 Å². The van der Waals surface area contributed by atoms with Crippen molar-refractivity contribution in [2.24, 2.45) is 0 Å². The van der Waals surface area contributed by atoms with E-state index in [1.165, 1.54) is 24.0 Å². The van der Waals surface area contributed by atoms with Gasteiger partial charge < -0.3 is 0 Å². The number of Topliss-reactive ketones (excluding diaryl/α,β-unsaturated/α-hetero) is 1. The van der Waals surface area contributed by atoms with Crippen LogP contribution in [0.5, 0.6) is 0 Å². The van der Waals surface area contributed by atoms with Gasteiger partial charge in [-0.15, -0.1) is 0 Å². The molecular formula is C13H13BrO. The molecule has 2 heteroatoms. The molecule has 15 heavy (non-hydrogen) atoms. The Hall–Kier alpha value is -0.630. The topological polar surface area (TPSA) is 17.1 Å². The van der Waals surface area contributed by atoms with Crippen molar-refractivity contribution in [2.75, 3.05) is 0 Å². The third-order valence-corrected chi connectivity index (χ3v) is 4.39. The molecular weight excluding hydrogens is 252 g/mol. The zero-order valence-corrected chi connectivity index (χ0v) is 10.4. The van der Waals surface area contributed by atoms with Crippen molar-refractivity contribution in [1.29, 1.82) is 0 Å². The number of aryl methyl sites for hydroxylation is 1. The Labute approximate surface area is 98.0 Å². The Morgan fingerprint density at radius 1 is 1.27 bits per heavy atom. The Morgan fingerprint density at radius 3 is 2.67 bits per heavy atom. The number of ketones is 1. The minimum atomic E-state index is 0.314. The molecule has 3 rings (SSSR count). The number of halogens is 1. The van der Waals surface area contributed by atoms with Crippen LogP contribution in [-0.2, 0) is 5.41 Å². The van der Waals surface area contributed by atoms with Crippen LogP contribution in [-0.4, -0.2) is 5.78 Å². The number of hydrogen-bond acceptors (Lipinski definition) is 1. The molecule has 0 N–H and O–H groups in total. The molecule has 2 aliphatic rings.